The number of fused-ring (bicyclic) bond motifs is 1. The number of amides is 2. The van der Waals surface area contributed by atoms with E-state index in [9.17, 15) is 14.0 Å². The highest BCUT2D eigenvalue weighted by atomic mass is 32.1. The molecule has 0 radical (unpaired) electrons. The predicted octanol–water partition coefficient (Wildman–Crippen LogP) is 5.12. The molecule has 5 nitrogen and oxygen atoms in total. The monoisotopic (exact) mass is 494 g/mol. The maximum atomic E-state index is 13.6. The molecule has 0 bridgehead atoms. The number of carbonyl (C=O) groups is 2. The molecular formula is C28H31FN2O3S. The Balaban J connectivity index is 1.49. The third-order valence-corrected chi connectivity index (χ3v) is 7.08. The van der Waals surface area contributed by atoms with Gasteiger partial charge in [0.2, 0.25) is 11.8 Å². The summed E-state index contributed by atoms with van der Waals surface area (Å²) >= 11 is 1.68. The number of rotatable bonds is 9. The number of thiophene rings is 1. The molecule has 2 aromatic carbocycles. The summed E-state index contributed by atoms with van der Waals surface area (Å²) in [4.78, 5) is 31.4. The number of nitrogens with zero attached hydrogens (tertiary/aromatic N) is 2. The van der Waals surface area contributed by atoms with Crippen LogP contribution >= 0.6 is 11.3 Å². The van der Waals surface area contributed by atoms with Crippen LogP contribution in [-0.2, 0) is 22.4 Å². The zero-order valence-corrected chi connectivity index (χ0v) is 21.0. The number of carbonyl (C=O) groups excluding carboxylic acids is 2. The summed E-state index contributed by atoms with van der Waals surface area (Å²) < 4.78 is 19.5. The summed E-state index contributed by atoms with van der Waals surface area (Å²) in [5.41, 5.74) is 2.00. The lowest BCUT2D eigenvalue weighted by atomic mass is 10.00. The van der Waals surface area contributed by atoms with Crippen LogP contribution < -0.4 is 4.74 Å². The van der Waals surface area contributed by atoms with Crippen molar-refractivity contribution in [1.29, 1.82) is 0 Å². The molecule has 0 fully saturated rings. The summed E-state index contributed by atoms with van der Waals surface area (Å²) in [6.45, 7) is 5.41. The number of halogens is 1. The molecule has 184 valence electrons. The SMILES string of the molecule is CC(C)CN(CC(=O)N1CCc2sccc2[C@@H]1COc1cccc(F)c1)C(=O)Cc1ccccc1. The van der Waals surface area contributed by atoms with Crippen LogP contribution in [0.1, 0.15) is 35.9 Å². The standard InChI is InChI=1S/C28H31FN2O3S/c1-20(2)17-30(27(32)15-21-7-4-3-5-8-21)18-28(33)31-13-11-26-24(12-14-35-26)25(31)19-34-23-10-6-9-22(29)16-23/h3-10,12,14,16,20,25H,11,13,15,17-19H2,1-2H3/t25-/m0/s1. The molecule has 0 aliphatic carbocycles. The van der Waals surface area contributed by atoms with Gasteiger partial charge in [-0.15, -0.1) is 11.3 Å². The minimum atomic E-state index is -0.364. The zero-order chi connectivity index (χ0) is 24.8. The Labute approximate surface area is 210 Å². The van der Waals surface area contributed by atoms with Gasteiger partial charge < -0.3 is 14.5 Å². The lowest BCUT2D eigenvalue weighted by Crippen LogP contribution is -2.48. The number of hydrogen-bond acceptors (Lipinski definition) is 4. The number of hydrogen-bond donors (Lipinski definition) is 0. The highest BCUT2D eigenvalue weighted by molar-refractivity contribution is 7.10. The quantitative estimate of drug-likeness (QED) is 0.415. The van der Waals surface area contributed by atoms with Gasteiger partial charge in [-0.25, -0.2) is 4.39 Å². The maximum absolute atomic E-state index is 13.6. The first-order valence-corrected chi connectivity index (χ1v) is 12.8. The van der Waals surface area contributed by atoms with Crippen LogP contribution in [0.15, 0.2) is 66.0 Å². The minimum Gasteiger partial charge on any atom is -0.491 e. The highest BCUT2D eigenvalue weighted by Crippen LogP contribution is 2.34. The predicted molar refractivity (Wildman–Crippen MR) is 136 cm³/mol. The second-order valence-electron chi connectivity index (χ2n) is 9.25. The van der Waals surface area contributed by atoms with Gasteiger partial charge >= 0.3 is 0 Å². The van der Waals surface area contributed by atoms with E-state index in [-0.39, 0.29) is 49.2 Å². The Kier molecular flexibility index (Phi) is 8.18. The zero-order valence-electron chi connectivity index (χ0n) is 20.2. The second-order valence-corrected chi connectivity index (χ2v) is 10.3. The third-order valence-electron chi connectivity index (χ3n) is 6.08. The van der Waals surface area contributed by atoms with Crippen LogP contribution in [0.5, 0.6) is 5.75 Å². The molecule has 1 aliphatic rings. The van der Waals surface area contributed by atoms with Crippen LogP contribution in [0.2, 0.25) is 0 Å². The van der Waals surface area contributed by atoms with Gasteiger partial charge in [0.05, 0.1) is 19.0 Å². The van der Waals surface area contributed by atoms with Crippen molar-refractivity contribution in [2.24, 2.45) is 5.92 Å². The second kappa shape index (κ2) is 11.5. The average molecular weight is 495 g/mol. The molecule has 0 saturated heterocycles. The normalized spacial score (nSPS) is 15.1. The molecule has 1 aromatic heterocycles. The number of benzene rings is 2. The molecule has 1 aliphatic heterocycles. The van der Waals surface area contributed by atoms with Gasteiger partial charge in [0.25, 0.3) is 0 Å². The van der Waals surface area contributed by atoms with E-state index in [1.807, 2.05) is 60.5 Å². The molecule has 35 heavy (non-hydrogen) atoms. The summed E-state index contributed by atoms with van der Waals surface area (Å²) in [7, 11) is 0. The van der Waals surface area contributed by atoms with Crippen molar-refractivity contribution in [3.05, 3.63) is 87.9 Å². The first-order chi connectivity index (χ1) is 16.9. The molecule has 0 spiro atoms. The van der Waals surface area contributed by atoms with E-state index in [1.165, 1.54) is 17.0 Å². The van der Waals surface area contributed by atoms with E-state index in [4.69, 9.17) is 4.74 Å². The Morgan fingerprint density at radius 3 is 2.69 bits per heavy atom. The van der Waals surface area contributed by atoms with Gasteiger partial charge in [-0.3, -0.25) is 9.59 Å². The van der Waals surface area contributed by atoms with Crippen molar-refractivity contribution < 1.29 is 18.7 Å². The maximum Gasteiger partial charge on any atom is 0.242 e. The van der Waals surface area contributed by atoms with E-state index >= 15 is 0 Å². The van der Waals surface area contributed by atoms with Crippen molar-refractivity contribution in [2.45, 2.75) is 32.7 Å². The lowest BCUT2D eigenvalue weighted by Gasteiger charge is -2.37. The molecule has 0 saturated carbocycles. The smallest absolute Gasteiger partial charge is 0.242 e. The van der Waals surface area contributed by atoms with Gasteiger partial charge in [0.1, 0.15) is 18.2 Å². The van der Waals surface area contributed by atoms with E-state index in [0.717, 1.165) is 17.5 Å². The molecule has 2 amide bonds. The lowest BCUT2D eigenvalue weighted by molar-refractivity contribution is -0.142. The fourth-order valence-electron chi connectivity index (χ4n) is 4.44. The van der Waals surface area contributed by atoms with Crippen LogP contribution in [0.4, 0.5) is 4.39 Å². The molecule has 0 unspecified atom stereocenters. The molecule has 4 rings (SSSR count). The van der Waals surface area contributed by atoms with Gasteiger partial charge in [0, 0.05) is 24.0 Å². The molecule has 2 heterocycles. The summed E-state index contributed by atoms with van der Waals surface area (Å²) in [5, 5.41) is 2.03. The molecule has 0 N–H and O–H groups in total. The fourth-order valence-corrected chi connectivity index (χ4v) is 5.37. The van der Waals surface area contributed by atoms with Crippen molar-refractivity contribution in [3.63, 3.8) is 0 Å². The first-order valence-electron chi connectivity index (χ1n) is 12.0. The average Bonchev–Trinajstić information content (AvgIpc) is 3.31. The Morgan fingerprint density at radius 2 is 1.94 bits per heavy atom. The topological polar surface area (TPSA) is 49.9 Å². The van der Waals surface area contributed by atoms with Crippen molar-refractivity contribution in [2.75, 3.05) is 26.2 Å². The Hall–Kier alpha value is -3.19. The highest BCUT2D eigenvalue weighted by Gasteiger charge is 2.33. The van der Waals surface area contributed by atoms with E-state index < -0.39 is 0 Å². The largest absolute Gasteiger partial charge is 0.491 e. The third kappa shape index (κ3) is 6.48. The van der Waals surface area contributed by atoms with Gasteiger partial charge in [-0.1, -0.05) is 50.2 Å². The van der Waals surface area contributed by atoms with Gasteiger partial charge in [-0.2, -0.15) is 0 Å². The molecule has 1 atom stereocenters. The van der Waals surface area contributed by atoms with Crippen LogP contribution in [-0.4, -0.2) is 47.9 Å². The van der Waals surface area contributed by atoms with Crippen molar-refractivity contribution >= 4 is 23.2 Å². The van der Waals surface area contributed by atoms with Crippen molar-refractivity contribution in [1.82, 2.24) is 9.80 Å². The van der Waals surface area contributed by atoms with E-state index in [0.29, 0.717) is 18.8 Å². The van der Waals surface area contributed by atoms with E-state index in [1.54, 1.807) is 28.4 Å². The fraction of sp³-hybridized carbons (Fsp3) is 0.357. The number of ether oxygens (including phenoxy) is 1. The Morgan fingerprint density at radius 1 is 1.14 bits per heavy atom. The Bertz CT molecular complexity index is 1150. The van der Waals surface area contributed by atoms with E-state index in [2.05, 4.69) is 0 Å². The van der Waals surface area contributed by atoms with Gasteiger partial charge in [0.15, 0.2) is 0 Å². The summed E-state index contributed by atoms with van der Waals surface area (Å²) in [6, 6.07) is 17.4. The minimum absolute atomic E-state index is 0.0276. The van der Waals surface area contributed by atoms with Crippen LogP contribution in [0.3, 0.4) is 0 Å². The molecular weight excluding hydrogens is 463 g/mol. The molecule has 7 heteroatoms. The van der Waals surface area contributed by atoms with Gasteiger partial charge in [-0.05, 0) is 47.0 Å². The van der Waals surface area contributed by atoms with Crippen LogP contribution in [0.25, 0.3) is 0 Å². The van der Waals surface area contributed by atoms with Crippen LogP contribution in [0, 0.1) is 11.7 Å². The first kappa shape index (κ1) is 24.9. The molecule has 3 aromatic rings. The summed E-state index contributed by atoms with van der Waals surface area (Å²) in [5.74, 6) is 0.144. The van der Waals surface area contributed by atoms with Crippen molar-refractivity contribution in [3.8, 4) is 5.75 Å². The summed E-state index contributed by atoms with van der Waals surface area (Å²) in [6.07, 6.45) is 1.04.